The Hall–Kier alpha value is -1.14. The Morgan fingerprint density at radius 1 is 1.47 bits per heavy atom. The van der Waals surface area contributed by atoms with Crippen molar-refractivity contribution in [1.29, 1.82) is 0 Å². The van der Waals surface area contributed by atoms with Crippen LogP contribution in [-0.2, 0) is 16.6 Å². The summed E-state index contributed by atoms with van der Waals surface area (Å²) >= 11 is 0. The molecule has 0 radical (unpaired) electrons. The fourth-order valence-electron chi connectivity index (χ4n) is 1.32. The van der Waals surface area contributed by atoms with E-state index in [0.717, 1.165) is 5.56 Å². The molecule has 1 heterocycles. The van der Waals surface area contributed by atoms with E-state index in [-0.39, 0.29) is 0 Å². The van der Waals surface area contributed by atoms with Crippen LogP contribution in [-0.4, -0.2) is 32.7 Å². The van der Waals surface area contributed by atoms with Crippen molar-refractivity contribution in [3.8, 4) is 0 Å². The first kappa shape index (κ1) is 13.9. The van der Waals surface area contributed by atoms with E-state index in [4.69, 9.17) is 0 Å². The summed E-state index contributed by atoms with van der Waals surface area (Å²) in [5.74, 6) is 0.475. The second-order valence-corrected chi connectivity index (χ2v) is 6.27. The summed E-state index contributed by atoms with van der Waals surface area (Å²) in [5.41, 5.74) is 0.870. The van der Waals surface area contributed by atoms with Crippen LogP contribution in [0.5, 0.6) is 0 Å². The minimum absolute atomic E-state index is 0.339. The third-order valence-corrected chi connectivity index (χ3v) is 3.53. The Kier molecular flexibility index (Phi) is 4.47. The van der Waals surface area contributed by atoms with Gasteiger partial charge >= 0.3 is 0 Å². The third-order valence-electron chi connectivity index (χ3n) is 2.36. The van der Waals surface area contributed by atoms with Crippen LogP contribution in [0.15, 0.2) is 18.3 Å². The molecule has 1 N–H and O–H groups in total. The second kappa shape index (κ2) is 5.46. The Morgan fingerprint density at radius 2 is 2.12 bits per heavy atom. The first-order valence-electron chi connectivity index (χ1n) is 5.43. The molecule has 0 aliphatic heterocycles. The molecule has 0 aromatic carbocycles. The average Bonchev–Trinajstić information content (AvgIpc) is 2.24. The maximum atomic E-state index is 11.5. The molecule has 0 saturated heterocycles. The molecule has 0 fully saturated rings. The first-order chi connectivity index (χ1) is 7.82. The summed E-state index contributed by atoms with van der Waals surface area (Å²) < 4.78 is 24.2. The molecule has 0 amide bonds. The van der Waals surface area contributed by atoms with E-state index in [0.29, 0.717) is 18.4 Å². The minimum Gasteiger partial charge on any atom is -0.310 e. The van der Waals surface area contributed by atoms with E-state index >= 15 is 0 Å². The lowest BCUT2D eigenvalue weighted by atomic mass is 10.2. The molecule has 0 aliphatic carbocycles. The number of hydrogen-bond acceptors (Lipinski definition) is 4. The highest BCUT2D eigenvalue weighted by Gasteiger charge is 2.16. The van der Waals surface area contributed by atoms with Gasteiger partial charge in [-0.25, -0.2) is 13.4 Å². The van der Waals surface area contributed by atoms with Gasteiger partial charge in [-0.3, -0.25) is 4.31 Å². The lowest BCUT2D eigenvalue weighted by Crippen LogP contribution is -2.29. The molecule has 17 heavy (non-hydrogen) atoms. The molecule has 0 bridgehead atoms. The van der Waals surface area contributed by atoms with Gasteiger partial charge in [-0.15, -0.1) is 0 Å². The number of sulfonamides is 1. The van der Waals surface area contributed by atoms with Crippen molar-refractivity contribution < 1.29 is 8.42 Å². The highest BCUT2D eigenvalue weighted by Crippen LogP contribution is 2.17. The summed E-state index contributed by atoms with van der Waals surface area (Å²) in [5, 5.41) is 3.25. The number of nitrogens with zero attached hydrogens (tertiary/aromatic N) is 2. The zero-order chi connectivity index (χ0) is 13.1. The van der Waals surface area contributed by atoms with Gasteiger partial charge in [-0.05, 0) is 6.07 Å². The first-order valence-corrected chi connectivity index (χ1v) is 7.28. The van der Waals surface area contributed by atoms with Crippen LogP contribution >= 0.6 is 0 Å². The second-order valence-electron chi connectivity index (χ2n) is 4.25. The topological polar surface area (TPSA) is 62.3 Å². The molecule has 6 heteroatoms. The van der Waals surface area contributed by atoms with Gasteiger partial charge in [0.15, 0.2) is 0 Å². The lowest BCUT2D eigenvalue weighted by Gasteiger charge is -2.19. The summed E-state index contributed by atoms with van der Waals surface area (Å²) in [6.45, 7) is 4.67. The van der Waals surface area contributed by atoms with E-state index in [2.05, 4.69) is 10.3 Å². The summed E-state index contributed by atoms with van der Waals surface area (Å²) in [4.78, 5) is 4.13. The smallest absolute Gasteiger partial charge is 0.233 e. The standard InChI is InChI=1S/C11H19N3O2S/c1-9(2)13-8-10-6-5-7-12-11(10)14(3)17(4,15)16/h5-7,9,13H,8H2,1-4H3. The molecule has 0 saturated carbocycles. The van der Waals surface area contributed by atoms with Gasteiger partial charge in [0.25, 0.3) is 0 Å². The fourth-order valence-corrected chi connectivity index (χ4v) is 1.80. The van der Waals surface area contributed by atoms with Crippen LogP contribution < -0.4 is 9.62 Å². The Bertz CT molecular complexity index is 471. The van der Waals surface area contributed by atoms with Gasteiger partial charge in [-0.2, -0.15) is 0 Å². The highest BCUT2D eigenvalue weighted by atomic mass is 32.2. The van der Waals surface area contributed by atoms with Crippen LogP contribution in [0.3, 0.4) is 0 Å². The maximum absolute atomic E-state index is 11.5. The van der Waals surface area contributed by atoms with Crippen molar-refractivity contribution in [3.63, 3.8) is 0 Å². The highest BCUT2D eigenvalue weighted by molar-refractivity contribution is 7.92. The van der Waals surface area contributed by atoms with Gasteiger partial charge in [0.2, 0.25) is 10.0 Å². The van der Waals surface area contributed by atoms with E-state index in [1.807, 2.05) is 19.9 Å². The van der Waals surface area contributed by atoms with Gasteiger partial charge in [0, 0.05) is 31.4 Å². The number of anilines is 1. The third kappa shape index (κ3) is 3.98. The largest absolute Gasteiger partial charge is 0.310 e. The molecule has 0 aliphatic rings. The zero-order valence-electron chi connectivity index (χ0n) is 10.6. The van der Waals surface area contributed by atoms with Gasteiger partial charge in [-0.1, -0.05) is 19.9 Å². The summed E-state index contributed by atoms with van der Waals surface area (Å²) in [6.07, 6.45) is 2.76. The molecular formula is C11H19N3O2S. The molecule has 0 atom stereocenters. The molecule has 1 aromatic heterocycles. The molecular weight excluding hydrogens is 238 g/mol. The quantitative estimate of drug-likeness (QED) is 0.854. The van der Waals surface area contributed by atoms with Gasteiger partial charge in [0.1, 0.15) is 5.82 Å². The number of rotatable bonds is 5. The molecule has 0 unspecified atom stereocenters. The van der Waals surface area contributed by atoms with Crippen molar-refractivity contribution in [2.45, 2.75) is 26.4 Å². The summed E-state index contributed by atoms with van der Waals surface area (Å²) in [7, 11) is -1.76. The van der Waals surface area contributed by atoms with Crippen LogP contribution in [0.25, 0.3) is 0 Å². The predicted octanol–water partition coefficient (Wildman–Crippen LogP) is 0.975. The molecule has 96 valence electrons. The zero-order valence-corrected chi connectivity index (χ0v) is 11.5. The monoisotopic (exact) mass is 257 g/mol. The van der Waals surface area contributed by atoms with Crippen LogP contribution in [0.1, 0.15) is 19.4 Å². The van der Waals surface area contributed by atoms with Gasteiger partial charge in [0.05, 0.1) is 6.26 Å². The van der Waals surface area contributed by atoms with E-state index in [9.17, 15) is 8.42 Å². The predicted molar refractivity (Wildman–Crippen MR) is 69.5 cm³/mol. The fraction of sp³-hybridized carbons (Fsp3) is 0.545. The minimum atomic E-state index is -3.27. The van der Waals surface area contributed by atoms with Crippen molar-refractivity contribution in [1.82, 2.24) is 10.3 Å². The van der Waals surface area contributed by atoms with E-state index < -0.39 is 10.0 Å². The molecule has 5 nitrogen and oxygen atoms in total. The van der Waals surface area contributed by atoms with Crippen LogP contribution in [0.4, 0.5) is 5.82 Å². The van der Waals surface area contributed by atoms with E-state index in [1.54, 1.807) is 12.3 Å². The van der Waals surface area contributed by atoms with E-state index in [1.165, 1.54) is 17.6 Å². The normalized spacial score (nSPS) is 11.8. The maximum Gasteiger partial charge on any atom is 0.233 e. The van der Waals surface area contributed by atoms with Crippen molar-refractivity contribution in [3.05, 3.63) is 23.9 Å². The number of nitrogens with one attached hydrogen (secondary N) is 1. The van der Waals surface area contributed by atoms with Crippen molar-refractivity contribution in [2.75, 3.05) is 17.6 Å². The lowest BCUT2D eigenvalue weighted by molar-refractivity contribution is 0.586. The van der Waals surface area contributed by atoms with Crippen molar-refractivity contribution >= 4 is 15.8 Å². The molecule has 1 aromatic rings. The average molecular weight is 257 g/mol. The van der Waals surface area contributed by atoms with Crippen LogP contribution in [0.2, 0.25) is 0 Å². The van der Waals surface area contributed by atoms with Crippen LogP contribution in [0, 0.1) is 0 Å². The number of hydrogen-bond donors (Lipinski definition) is 1. The SMILES string of the molecule is CC(C)NCc1cccnc1N(C)S(C)(=O)=O. The van der Waals surface area contributed by atoms with Crippen molar-refractivity contribution in [2.24, 2.45) is 0 Å². The Labute approximate surface area is 103 Å². The Balaban J connectivity index is 3.00. The number of aromatic nitrogens is 1. The summed E-state index contributed by atoms with van der Waals surface area (Å²) in [6, 6.07) is 4.02. The van der Waals surface area contributed by atoms with Gasteiger partial charge < -0.3 is 5.32 Å². The molecule has 1 rings (SSSR count). The molecule has 0 spiro atoms. The number of pyridine rings is 1. The Morgan fingerprint density at radius 3 is 2.65 bits per heavy atom.